The van der Waals surface area contributed by atoms with Gasteiger partial charge in [0.15, 0.2) is 0 Å². The minimum Gasteiger partial charge on any atom is -0.313 e. The van der Waals surface area contributed by atoms with Gasteiger partial charge in [0.1, 0.15) is 0 Å². The molecule has 0 radical (unpaired) electrons. The lowest BCUT2D eigenvalue weighted by Crippen LogP contribution is -2.30. The van der Waals surface area contributed by atoms with E-state index in [4.69, 9.17) is 0 Å². The molecule has 1 aliphatic rings. The van der Waals surface area contributed by atoms with Crippen molar-refractivity contribution in [1.82, 2.24) is 10.0 Å². The minimum atomic E-state index is -3.23. The van der Waals surface area contributed by atoms with Gasteiger partial charge in [-0.1, -0.05) is 38.1 Å². The first kappa shape index (κ1) is 16.5. The normalized spacial score (nSPS) is 16.9. The molecule has 1 atom stereocenters. The molecule has 1 aliphatic carbocycles. The molecular weight excluding hydrogens is 284 g/mol. The second-order valence-electron chi connectivity index (χ2n) is 6.02. The molecule has 0 bridgehead atoms. The van der Waals surface area contributed by atoms with Gasteiger partial charge in [-0.2, -0.15) is 0 Å². The highest BCUT2D eigenvalue weighted by Gasteiger charge is 2.28. The summed E-state index contributed by atoms with van der Waals surface area (Å²) in [7, 11) is -3.23. The maximum absolute atomic E-state index is 12.1. The Hall–Kier alpha value is -0.910. The first-order valence-electron chi connectivity index (χ1n) is 7.76. The van der Waals surface area contributed by atoms with Crippen LogP contribution in [0.15, 0.2) is 24.3 Å². The van der Waals surface area contributed by atoms with Crippen molar-refractivity contribution in [3.05, 3.63) is 35.4 Å². The lowest BCUT2D eigenvalue weighted by Gasteiger charge is -2.12. The van der Waals surface area contributed by atoms with Gasteiger partial charge < -0.3 is 5.32 Å². The van der Waals surface area contributed by atoms with Crippen molar-refractivity contribution in [3.63, 3.8) is 0 Å². The third-order valence-electron chi connectivity index (χ3n) is 4.01. The summed E-state index contributed by atoms with van der Waals surface area (Å²) in [6.07, 6.45) is 2.49. The van der Waals surface area contributed by atoms with E-state index in [0.717, 1.165) is 24.6 Å². The van der Waals surface area contributed by atoms with Crippen LogP contribution in [-0.4, -0.2) is 21.5 Å². The van der Waals surface area contributed by atoms with Crippen LogP contribution in [0.1, 0.15) is 37.8 Å². The van der Waals surface area contributed by atoms with Gasteiger partial charge in [0.2, 0.25) is 10.0 Å². The second-order valence-corrected chi connectivity index (χ2v) is 7.83. The number of rotatable bonds is 9. The smallest absolute Gasteiger partial charge is 0.215 e. The number of nitrogens with one attached hydrogen (secondary N) is 2. The highest BCUT2D eigenvalue weighted by atomic mass is 32.2. The van der Waals surface area contributed by atoms with Gasteiger partial charge in [0.05, 0.1) is 5.75 Å². The summed E-state index contributed by atoms with van der Waals surface area (Å²) in [6.45, 7) is 6.50. The molecule has 2 rings (SSSR count). The highest BCUT2D eigenvalue weighted by Crippen LogP contribution is 2.36. The molecule has 21 heavy (non-hydrogen) atoms. The Bertz CT molecular complexity index is 536. The first-order valence-corrected chi connectivity index (χ1v) is 9.41. The van der Waals surface area contributed by atoms with Gasteiger partial charge in [-0.3, -0.25) is 0 Å². The Kier molecular flexibility index (Phi) is 5.79. The van der Waals surface area contributed by atoms with Crippen molar-refractivity contribution < 1.29 is 8.42 Å². The Morgan fingerprint density at radius 1 is 1.19 bits per heavy atom. The lowest BCUT2D eigenvalue weighted by atomic mass is 10.1. The van der Waals surface area contributed by atoms with Gasteiger partial charge in [0.25, 0.3) is 0 Å². The summed E-state index contributed by atoms with van der Waals surface area (Å²) in [4.78, 5) is 0. The van der Waals surface area contributed by atoms with Crippen molar-refractivity contribution in [1.29, 1.82) is 0 Å². The molecule has 1 aromatic rings. The van der Waals surface area contributed by atoms with E-state index in [-0.39, 0.29) is 5.75 Å². The fourth-order valence-corrected chi connectivity index (χ4v) is 3.63. The van der Waals surface area contributed by atoms with E-state index in [0.29, 0.717) is 12.5 Å². The lowest BCUT2D eigenvalue weighted by molar-refractivity contribution is 0.491. The Labute approximate surface area is 128 Å². The van der Waals surface area contributed by atoms with Crippen molar-refractivity contribution in [2.45, 2.75) is 39.0 Å². The van der Waals surface area contributed by atoms with E-state index in [1.54, 1.807) is 0 Å². The summed E-state index contributed by atoms with van der Waals surface area (Å²) in [5, 5.41) is 3.25. The predicted octanol–water partition coefficient (Wildman–Crippen LogP) is 2.26. The maximum atomic E-state index is 12.1. The Morgan fingerprint density at radius 2 is 1.81 bits per heavy atom. The molecule has 1 fully saturated rings. The van der Waals surface area contributed by atoms with Gasteiger partial charge in [-0.15, -0.1) is 0 Å². The van der Waals surface area contributed by atoms with Gasteiger partial charge in [0, 0.05) is 13.1 Å². The van der Waals surface area contributed by atoms with Crippen molar-refractivity contribution in [2.75, 3.05) is 13.1 Å². The standard InChI is InChI=1S/C16H26N2O2S/c1-3-17-11-14-4-6-15(7-5-14)12-21(19,20)18-10-13(2)16-8-9-16/h4-7,13,16-18H,3,8-12H2,1-2H3. The summed E-state index contributed by atoms with van der Waals surface area (Å²) >= 11 is 0. The molecule has 0 aliphatic heterocycles. The third-order valence-corrected chi connectivity index (χ3v) is 5.33. The van der Waals surface area contributed by atoms with Crippen LogP contribution in [-0.2, 0) is 22.3 Å². The molecule has 0 saturated heterocycles. The molecule has 1 unspecified atom stereocenters. The van der Waals surface area contributed by atoms with E-state index >= 15 is 0 Å². The Morgan fingerprint density at radius 3 is 2.38 bits per heavy atom. The van der Waals surface area contributed by atoms with Gasteiger partial charge >= 0.3 is 0 Å². The van der Waals surface area contributed by atoms with E-state index < -0.39 is 10.0 Å². The minimum absolute atomic E-state index is 0.0614. The number of sulfonamides is 1. The highest BCUT2D eigenvalue weighted by molar-refractivity contribution is 7.88. The average Bonchev–Trinajstić information content (AvgIpc) is 3.28. The SMILES string of the molecule is CCNCc1ccc(CS(=O)(=O)NCC(C)C2CC2)cc1. The zero-order valence-corrected chi connectivity index (χ0v) is 13.7. The van der Waals surface area contributed by atoms with Crippen LogP contribution >= 0.6 is 0 Å². The largest absolute Gasteiger partial charge is 0.313 e. The molecule has 1 aromatic carbocycles. The third kappa shape index (κ3) is 5.77. The fraction of sp³-hybridized carbons (Fsp3) is 0.625. The molecule has 0 amide bonds. The van der Waals surface area contributed by atoms with Crippen LogP contribution in [0.2, 0.25) is 0 Å². The van der Waals surface area contributed by atoms with Crippen LogP contribution in [0.5, 0.6) is 0 Å². The molecule has 0 aromatic heterocycles. The molecular formula is C16H26N2O2S. The van der Waals surface area contributed by atoms with E-state index in [2.05, 4.69) is 23.9 Å². The van der Waals surface area contributed by atoms with Crippen LogP contribution < -0.4 is 10.0 Å². The van der Waals surface area contributed by atoms with E-state index in [1.165, 1.54) is 18.4 Å². The maximum Gasteiger partial charge on any atom is 0.215 e. The van der Waals surface area contributed by atoms with Gasteiger partial charge in [-0.25, -0.2) is 13.1 Å². The zero-order valence-electron chi connectivity index (χ0n) is 12.9. The molecule has 0 heterocycles. The number of benzene rings is 1. The van der Waals surface area contributed by atoms with Crippen LogP contribution in [0.4, 0.5) is 0 Å². The Balaban J connectivity index is 1.83. The van der Waals surface area contributed by atoms with Crippen LogP contribution in [0.3, 0.4) is 0 Å². The van der Waals surface area contributed by atoms with E-state index in [1.807, 2.05) is 24.3 Å². The van der Waals surface area contributed by atoms with Gasteiger partial charge in [-0.05, 0) is 42.3 Å². The average molecular weight is 310 g/mol. The summed E-state index contributed by atoms with van der Waals surface area (Å²) < 4.78 is 26.9. The summed E-state index contributed by atoms with van der Waals surface area (Å²) in [6, 6.07) is 7.77. The number of hydrogen-bond acceptors (Lipinski definition) is 3. The molecule has 5 heteroatoms. The number of hydrogen-bond donors (Lipinski definition) is 2. The van der Waals surface area contributed by atoms with Crippen molar-refractivity contribution in [2.24, 2.45) is 11.8 Å². The van der Waals surface area contributed by atoms with Crippen LogP contribution in [0, 0.1) is 11.8 Å². The molecule has 4 nitrogen and oxygen atoms in total. The van der Waals surface area contributed by atoms with Crippen molar-refractivity contribution >= 4 is 10.0 Å². The zero-order chi connectivity index (χ0) is 15.3. The van der Waals surface area contributed by atoms with E-state index in [9.17, 15) is 8.42 Å². The summed E-state index contributed by atoms with van der Waals surface area (Å²) in [5.74, 6) is 1.23. The fourth-order valence-electron chi connectivity index (χ4n) is 2.38. The van der Waals surface area contributed by atoms with Crippen LogP contribution in [0.25, 0.3) is 0 Å². The summed E-state index contributed by atoms with van der Waals surface area (Å²) in [5.41, 5.74) is 2.01. The van der Waals surface area contributed by atoms with Crippen molar-refractivity contribution in [3.8, 4) is 0 Å². The molecule has 1 saturated carbocycles. The quantitative estimate of drug-likeness (QED) is 0.735. The predicted molar refractivity (Wildman–Crippen MR) is 86.3 cm³/mol. The second kappa shape index (κ2) is 7.38. The topological polar surface area (TPSA) is 58.2 Å². The molecule has 0 spiro atoms. The monoisotopic (exact) mass is 310 g/mol. The molecule has 2 N–H and O–H groups in total. The first-order chi connectivity index (χ1) is 10.00. The molecule has 118 valence electrons.